The Bertz CT molecular complexity index is 614. The van der Waals surface area contributed by atoms with Crippen LogP contribution in [-0.2, 0) is 14.8 Å². The molecular formula is C12H15NO6S. The summed E-state index contributed by atoms with van der Waals surface area (Å²) in [6.45, 7) is -0.226. The molecule has 0 radical (unpaired) electrons. The molecule has 1 saturated heterocycles. The maximum absolute atomic E-state index is 12.5. The van der Waals surface area contributed by atoms with E-state index in [0.29, 0.717) is 5.75 Å². The second kappa shape index (κ2) is 5.39. The number of rotatable bonds is 4. The van der Waals surface area contributed by atoms with E-state index >= 15 is 0 Å². The van der Waals surface area contributed by atoms with Gasteiger partial charge >= 0.3 is 5.97 Å². The quantitative estimate of drug-likeness (QED) is 0.805. The molecule has 1 aromatic rings. The number of carboxylic acid groups (broad SMARTS) is 1. The molecule has 110 valence electrons. The van der Waals surface area contributed by atoms with Crippen LogP contribution in [0.2, 0.25) is 0 Å². The van der Waals surface area contributed by atoms with Gasteiger partial charge in [-0.2, -0.15) is 4.31 Å². The number of benzene rings is 1. The predicted octanol–water partition coefficient (Wildman–Crippen LogP) is -0.0963. The number of nitrogens with zero attached hydrogens (tertiary/aromatic N) is 1. The normalized spacial score (nSPS) is 23.7. The van der Waals surface area contributed by atoms with E-state index in [-0.39, 0.29) is 17.9 Å². The molecule has 2 atom stereocenters. The van der Waals surface area contributed by atoms with E-state index in [1.807, 2.05) is 0 Å². The third kappa shape index (κ3) is 2.62. The fraction of sp³-hybridized carbons (Fsp3) is 0.417. The minimum Gasteiger partial charge on any atom is -0.497 e. The van der Waals surface area contributed by atoms with Gasteiger partial charge in [0.25, 0.3) is 0 Å². The van der Waals surface area contributed by atoms with E-state index in [1.54, 1.807) is 6.07 Å². The first-order valence-corrected chi connectivity index (χ1v) is 7.37. The third-order valence-corrected chi connectivity index (χ3v) is 5.04. The Morgan fingerprint density at radius 3 is 2.75 bits per heavy atom. The molecule has 2 N–H and O–H groups in total. The van der Waals surface area contributed by atoms with E-state index in [2.05, 4.69) is 0 Å². The van der Waals surface area contributed by atoms with Crippen molar-refractivity contribution in [2.45, 2.75) is 23.5 Å². The molecule has 0 unspecified atom stereocenters. The molecule has 1 heterocycles. The topological polar surface area (TPSA) is 104 Å². The van der Waals surface area contributed by atoms with Gasteiger partial charge in [0.2, 0.25) is 10.0 Å². The monoisotopic (exact) mass is 301 g/mol. The van der Waals surface area contributed by atoms with Gasteiger partial charge in [0.15, 0.2) is 0 Å². The molecule has 0 spiro atoms. The standard InChI is InChI=1S/C12H15NO6S/c1-19-9-3-2-4-10(6-9)20(17,18)13-7-8(14)5-11(13)12(15)16/h2-4,6,8,11,14H,5,7H2,1H3,(H,15,16)/t8-,11-/m1/s1. The summed E-state index contributed by atoms with van der Waals surface area (Å²) >= 11 is 0. The van der Waals surface area contributed by atoms with Crippen LogP contribution in [0.4, 0.5) is 0 Å². The zero-order valence-corrected chi connectivity index (χ0v) is 11.6. The molecule has 1 aromatic carbocycles. The van der Waals surface area contributed by atoms with Crippen molar-refractivity contribution in [2.75, 3.05) is 13.7 Å². The van der Waals surface area contributed by atoms with Crippen LogP contribution in [0.25, 0.3) is 0 Å². The van der Waals surface area contributed by atoms with Crippen LogP contribution in [0.1, 0.15) is 6.42 Å². The van der Waals surface area contributed by atoms with Gasteiger partial charge in [-0.25, -0.2) is 8.42 Å². The van der Waals surface area contributed by atoms with Crippen LogP contribution in [-0.4, -0.2) is 54.7 Å². The number of β-amino-alcohol motifs (C(OH)–C–C–N with tert-alkyl or cyclic N) is 1. The molecule has 0 aliphatic carbocycles. The van der Waals surface area contributed by atoms with Crippen molar-refractivity contribution >= 4 is 16.0 Å². The Labute approximate surface area is 116 Å². The molecular weight excluding hydrogens is 286 g/mol. The first-order chi connectivity index (χ1) is 9.36. The molecule has 1 aliphatic rings. The van der Waals surface area contributed by atoms with Crippen LogP contribution in [0.5, 0.6) is 5.75 Å². The first kappa shape index (κ1) is 14.8. The highest BCUT2D eigenvalue weighted by Gasteiger charge is 2.43. The van der Waals surface area contributed by atoms with Gasteiger partial charge in [0.1, 0.15) is 11.8 Å². The summed E-state index contributed by atoms with van der Waals surface area (Å²) in [5.74, 6) is -0.911. The van der Waals surface area contributed by atoms with E-state index in [4.69, 9.17) is 9.84 Å². The van der Waals surface area contributed by atoms with Gasteiger partial charge < -0.3 is 14.9 Å². The Balaban J connectivity index is 2.40. The maximum atomic E-state index is 12.5. The summed E-state index contributed by atoms with van der Waals surface area (Å²) in [5, 5.41) is 18.6. The fourth-order valence-electron chi connectivity index (χ4n) is 2.17. The lowest BCUT2D eigenvalue weighted by molar-refractivity contribution is -0.140. The minimum atomic E-state index is -3.99. The fourth-order valence-corrected chi connectivity index (χ4v) is 3.84. The number of carbonyl (C=O) groups is 1. The Morgan fingerprint density at radius 1 is 1.45 bits per heavy atom. The SMILES string of the molecule is COc1cccc(S(=O)(=O)N2C[C@H](O)C[C@@H]2C(=O)O)c1. The first-order valence-electron chi connectivity index (χ1n) is 5.93. The molecule has 0 saturated carbocycles. The second-order valence-electron chi connectivity index (χ2n) is 4.50. The van der Waals surface area contributed by atoms with Crippen LogP contribution in [0, 0.1) is 0 Å². The summed E-state index contributed by atoms with van der Waals surface area (Å²) in [7, 11) is -2.58. The largest absolute Gasteiger partial charge is 0.497 e. The highest BCUT2D eigenvalue weighted by Crippen LogP contribution is 2.28. The van der Waals surface area contributed by atoms with Crippen LogP contribution >= 0.6 is 0 Å². The van der Waals surface area contributed by atoms with E-state index in [0.717, 1.165) is 4.31 Å². The van der Waals surface area contributed by atoms with Gasteiger partial charge in [0.05, 0.1) is 18.1 Å². The highest BCUT2D eigenvalue weighted by molar-refractivity contribution is 7.89. The van der Waals surface area contributed by atoms with E-state index in [1.165, 1.54) is 25.3 Å². The lowest BCUT2D eigenvalue weighted by Gasteiger charge is -2.20. The number of hydrogen-bond donors (Lipinski definition) is 2. The Morgan fingerprint density at radius 2 is 2.15 bits per heavy atom. The zero-order chi connectivity index (χ0) is 14.9. The average molecular weight is 301 g/mol. The van der Waals surface area contributed by atoms with Gasteiger partial charge in [-0.3, -0.25) is 4.79 Å². The van der Waals surface area contributed by atoms with Crippen molar-refractivity contribution in [3.63, 3.8) is 0 Å². The van der Waals surface area contributed by atoms with Crippen molar-refractivity contribution in [2.24, 2.45) is 0 Å². The highest BCUT2D eigenvalue weighted by atomic mass is 32.2. The molecule has 2 rings (SSSR count). The summed E-state index contributed by atoms with van der Waals surface area (Å²) in [6.07, 6.45) is -1.09. The van der Waals surface area contributed by atoms with E-state index < -0.39 is 28.1 Å². The lowest BCUT2D eigenvalue weighted by Crippen LogP contribution is -2.40. The van der Waals surface area contributed by atoms with Crippen molar-refractivity contribution < 1.29 is 28.2 Å². The van der Waals surface area contributed by atoms with Crippen LogP contribution in [0.15, 0.2) is 29.2 Å². The van der Waals surface area contributed by atoms with Crippen molar-refractivity contribution in [3.05, 3.63) is 24.3 Å². The van der Waals surface area contributed by atoms with Gasteiger partial charge in [-0.05, 0) is 12.1 Å². The summed E-state index contributed by atoms with van der Waals surface area (Å²) in [6, 6.07) is 4.53. The molecule has 20 heavy (non-hydrogen) atoms. The minimum absolute atomic E-state index is 0.0581. The number of aliphatic hydroxyl groups is 1. The Hall–Kier alpha value is -1.64. The number of methoxy groups -OCH3 is 1. The smallest absolute Gasteiger partial charge is 0.322 e. The second-order valence-corrected chi connectivity index (χ2v) is 6.39. The molecule has 0 amide bonds. The molecule has 0 bridgehead atoms. The molecule has 1 aliphatic heterocycles. The molecule has 1 fully saturated rings. The predicted molar refractivity (Wildman–Crippen MR) is 68.9 cm³/mol. The Kier molecular flexibility index (Phi) is 3.98. The lowest BCUT2D eigenvalue weighted by atomic mass is 10.2. The summed E-state index contributed by atoms with van der Waals surface area (Å²) < 4.78 is 30.7. The van der Waals surface area contributed by atoms with Crippen molar-refractivity contribution in [3.8, 4) is 5.75 Å². The number of sulfonamides is 1. The molecule has 8 heteroatoms. The van der Waals surface area contributed by atoms with E-state index in [9.17, 15) is 18.3 Å². The number of ether oxygens (including phenoxy) is 1. The third-order valence-electron chi connectivity index (χ3n) is 3.17. The average Bonchev–Trinajstić information content (AvgIpc) is 2.82. The van der Waals surface area contributed by atoms with Crippen LogP contribution in [0.3, 0.4) is 0 Å². The maximum Gasteiger partial charge on any atom is 0.322 e. The van der Waals surface area contributed by atoms with Gasteiger partial charge in [-0.15, -0.1) is 0 Å². The molecule has 7 nitrogen and oxygen atoms in total. The number of aliphatic carboxylic acids is 1. The van der Waals surface area contributed by atoms with Crippen LogP contribution < -0.4 is 4.74 Å². The van der Waals surface area contributed by atoms with Gasteiger partial charge in [-0.1, -0.05) is 6.07 Å². The van der Waals surface area contributed by atoms with Crippen molar-refractivity contribution in [1.29, 1.82) is 0 Å². The van der Waals surface area contributed by atoms with Crippen molar-refractivity contribution in [1.82, 2.24) is 4.31 Å². The molecule has 0 aromatic heterocycles. The summed E-state index contributed by atoms with van der Waals surface area (Å²) in [5.41, 5.74) is 0. The zero-order valence-electron chi connectivity index (χ0n) is 10.8. The number of hydrogen-bond acceptors (Lipinski definition) is 5. The van der Waals surface area contributed by atoms with Gasteiger partial charge in [0, 0.05) is 19.0 Å². The summed E-state index contributed by atoms with van der Waals surface area (Å²) in [4.78, 5) is 11.1. The number of aliphatic hydroxyl groups excluding tert-OH is 1. The number of carboxylic acids is 1.